The second-order valence-corrected chi connectivity index (χ2v) is 24.0. The molecule has 0 amide bonds. The summed E-state index contributed by atoms with van der Waals surface area (Å²) in [5.74, 6) is -3.74. The quantitative estimate of drug-likeness (QED) is 0.0661. The summed E-state index contributed by atoms with van der Waals surface area (Å²) in [6.45, 7) is 37.7. The first-order valence-corrected chi connectivity index (χ1v) is 30.5. The molecule has 0 saturated carbocycles. The van der Waals surface area contributed by atoms with E-state index in [2.05, 4.69) is 42.7 Å². The molecule has 84 heavy (non-hydrogen) atoms. The van der Waals surface area contributed by atoms with Gasteiger partial charge >= 0.3 is 54.4 Å². The van der Waals surface area contributed by atoms with E-state index in [1.165, 1.54) is 0 Å². The number of halogens is 1. The molecule has 484 valence electrons. The number of aliphatic hydroxyl groups excluding tert-OH is 1. The van der Waals surface area contributed by atoms with Crippen LogP contribution < -0.4 is 58.8 Å². The number of rotatable bonds is 17. The van der Waals surface area contributed by atoms with Crippen molar-refractivity contribution in [2.75, 3.05) is 39.5 Å². The van der Waals surface area contributed by atoms with E-state index >= 15 is 0 Å². The van der Waals surface area contributed by atoms with Gasteiger partial charge in [-0.05, 0) is 140 Å². The molecular weight excluding hydrogens is 1150 g/mol. The summed E-state index contributed by atoms with van der Waals surface area (Å²) in [6, 6.07) is 6.59. The smallest absolute Gasteiger partial charge is 1.00 e. The molecule has 0 aromatic heterocycles. The predicted octanol–water partition coefficient (Wildman–Crippen LogP) is 3.46. The first kappa shape index (κ1) is 90.2. The second kappa shape index (κ2) is 45.9. The van der Waals surface area contributed by atoms with Gasteiger partial charge in [0.05, 0.1) is 92.1 Å². The number of nitrogens with zero attached hydrogens (tertiary/aromatic N) is 3. The van der Waals surface area contributed by atoms with Crippen molar-refractivity contribution in [2.24, 2.45) is 10.8 Å². The third-order valence-electron chi connectivity index (χ3n) is 12.8. The standard InChI is InChI=1S/C16H24O5S.C10H18O4.C9H17N3O2.C9H19NO2.C9H18O3.C4H10O.Al.ClO.Li.Na.4H/c1-5-13-10-14(21-16(3,4)20-13)11-19-22(17,18)15-8-6-12(2)7-9-15;1-4-7-5-8(6-9(11)12)14-10(2,3)13-7;1-4-7-5-8(6-11-12-10)14-9(2,3)13-7;2*1-4-7-5-8(6-10)12-9(2,3)11-7;1-3-5-4-2;;1-2;;;;;;/h6-9,13-14H,5,10-11H2,1-4H3;7-8H,4-6H2,1-3H3,(H,11,12);7-8H,4-6H2,1-3H3;7-8H,4-6,10H2,1-3H3;7-8,10H,4-6H2,1-3H3;3-4H2,1-2H3;;;;;;;;/q;;;;;;;-1;2*+1;;;;-1/t13-,14-;4*7-,8-;;;;;;;;;/m11111........./s1. The van der Waals surface area contributed by atoms with Crippen LogP contribution in [0.15, 0.2) is 34.3 Å². The van der Waals surface area contributed by atoms with Crippen molar-refractivity contribution in [3.8, 4) is 0 Å². The molecular formula is C57H110AlClLiN4NaO18S. The molecule has 22 nitrogen and oxygen atoms in total. The number of carboxylic acids is 1. The maximum Gasteiger partial charge on any atom is 1.00 e. The van der Waals surface area contributed by atoms with E-state index in [0.29, 0.717) is 32.0 Å². The van der Waals surface area contributed by atoms with Crippen LogP contribution in [-0.2, 0) is 71.2 Å². The van der Waals surface area contributed by atoms with Gasteiger partial charge in [0, 0.05) is 56.8 Å². The first-order valence-electron chi connectivity index (χ1n) is 28.8. The van der Waals surface area contributed by atoms with Crippen LogP contribution >= 0.6 is 11.9 Å². The maximum atomic E-state index is 12.2. The number of azide groups is 1. The van der Waals surface area contributed by atoms with Crippen molar-refractivity contribution in [3.63, 3.8) is 0 Å². The molecule has 5 saturated heterocycles. The van der Waals surface area contributed by atoms with E-state index in [0.717, 1.165) is 70.1 Å². The molecule has 27 heteroatoms. The molecule has 5 fully saturated rings. The van der Waals surface area contributed by atoms with Gasteiger partial charge in [0.25, 0.3) is 10.1 Å². The Morgan fingerprint density at radius 3 is 1.27 bits per heavy atom. The topological polar surface area (TPSA) is 300 Å². The van der Waals surface area contributed by atoms with E-state index in [1.807, 2.05) is 104 Å². The molecule has 5 aliphatic heterocycles. The maximum absolute atomic E-state index is 12.2. The fraction of sp³-hybridized carbons (Fsp3) is 0.877. The van der Waals surface area contributed by atoms with Crippen LogP contribution in [0.4, 0.5) is 0 Å². The van der Waals surface area contributed by atoms with Gasteiger partial charge in [-0.3, -0.25) is 8.98 Å². The molecule has 1 aromatic carbocycles. The van der Waals surface area contributed by atoms with Gasteiger partial charge in [-0.15, -0.1) is 0 Å². The van der Waals surface area contributed by atoms with Crippen molar-refractivity contribution < 1.29 is 134 Å². The fourth-order valence-corrected chi connectivity index (χ4v) is 10.3. The Kier molecular flexibility index (Phi) is 49.3. The molecule has 0 aliphatic carbocycles. The van der Waals surface area contributed by atoms with Gasteiger partial charge in [-0.1, -0.05) is 57.4 Å². The first-order chi connectivity index (χ1) is 37.8. The largest absolute Gasteiger partial charge is 1.00 e. The van der Waals surface area contributed by atoms with E-state index < -0.39 is 45.0 Å². The van der Waals surface area contributed by atoms with Crippen LogP contribution in [0.5, 0.6) is 0 Å². The second-order valence-electron chi connectivity index (χ2n) is 22.4. The van der Waals surface area contributed by atoms with Gasteiger partial charge in [-0.25, -0.2) is 11.9 Å². The van der Waals surface area contributed by atoms with Crippen LogP contribution in [0.1, 0.15) is 195 Å². The Balaban J connectivity index is -0.000000307. The summed E-state index contributed by atoms with van der Waals surface area (Å²) in [5, 5.41) is 21.2. The Morgan fingerprint density at radius 1 is 0.631 bits per heavy atom. The van der Waals surface area contributed by atoms with Crippen molar-refractivity contribution in [3.05, 3.63) is 40.3 Å². The molecule has 6 rings (SSSR count). The normalized spacial score (nSPS) is 27.5. The zero-order valence-corrected chi connectivity index (χ0v) is 57.8. The minimum absolute atomic E-state index is 0. The molecule has 0 unspecified atom stereocenters. The van der Waals surface area contributed by atoms with Gasteiger partial charge in [-0.2, -0.15) is 8.42 Å². The Morgan fingerprint density at radius 2 is 0.940 bits per heavy atom. The molecule has 10 atom stereocenters. The number of nitrogens with two attached hydrogens (primary N) is 1. The Bertz CT molecular complexity index is 1930. The van der Waals surface area contributed by atoms with Crippen molar-refractivity contribution in [2.45, 2.75) is 290 Å². The third kappa shape index (κ3) is 39.8. The van der Waals surface area contributed by atoms with Crippen LogP contribution in [0.2, 0.25) is 0 Å². The minimum Gasteiger partial charge on any atom is -1.00 e. The SMILES string of the molecule is CCOCC.CC[C@@H]1C[C@H](CC(=O)O)OC(C)(C)O1.CC[C@@H]1C[C@H](CN)OC(C)(C)O1.CC[C@@H]1C[C@H](CN=[N+]=[N-])OC(C)(C)O1.CC[C@@H]1C[C@H](CO)OC(C)(C)O1.CC[C@@H]1C[C@H](COS(=O)(=O)c2ccc(C)cc2)OC(C)(C)O1.[AlH3].[H-].[Li+].[Na+].[O-]Cl. The molecule has 1 aromatic rings. The number of benzene rings is 1. The number of hydrogen-bond donors (Lipinski definition) is 3. The van der Waals surface area contributed by atoms with Crippen LogP contribution in [0, 0.1) is 6.92 Å². The van der Waals surface area contributed by atoms with Crippen LogP contribution in [0.25, 0.3) is 10.4 Å². The summed E-state index contributed by atoms with van der Waals surface area (Å²) < 4.78 is 98.4. The minimum atomic E-state index is -3.76. The van der Waals surface area contributed by atoms with Crippen molar-refractivity contribution >= 4 is 45.3 Å². The number of ether oxygens (including phenoxy) is 11. The monoisotopic (exact) mass is 1260 g/mol. The number of carbonyl (C=O) groups is 1. The summed E-state index contributed by atoms with van der Waals surface area (Å²) in [5.41, 5.74) is 14.8. The van der Waals surface area contributed by atoms with Crippen molar-refractivity contribution in [1.29, 1.82) is 0 Å². The zero-order valence-electron chi connectivity index (χ0n) is 55.2. The van der Waals surface area contributed by atoms with Crippen molar-refractivity contribution in [1.82, 2.24) is 0 Å². The molecule has 5 aliphatic rings. The van der Waals surface area contributed by atoms with Gasteiger partial charge in [0.2, 0.25) is 0 Å². The number of carboxylic acid groups (broad SMARTS) is 1. The molecule has 4 N–H and O–H groups in total. The van der Waals surface area contributed by atoms with Crippen LogP contribution in [0.3, 0.4) is 0 Å². The van der Waals surface area contributed by atoms with E-state index in [4.69, 9.17) is 82.4 Å². The van der Waals surface area contributed by atoms with E-state index in [-0.39, 0.29) is 147 Å². The van der Waals surface area contributed by atoms with Crippen LogP contribution in [-0.4, -0.2) is 171 Å². The number of aliphatic hydroxyl groups is 1. The molecule has 0 bridgehead atoms. The summed E-state index contributed by atoms with van der Waals surface area (Å²) in [4.78, 5) is 13.4. The average molecular weight is 1260 g/mol. The van der Waals surface area contributed by atoms with Gasteiger partial charge in [0.1, 0.15) is 0 Å². The zero-order chi connectivity index (χ0) is 62.3. The molecule has 0 radical (unpaired) electrons. The molecule has 5 heterocycles. The van der Waals surface area contributed by atoms with Gasteiger partial charge < -0.3 is 74.1 Å². The van der Waals surface area contributed by atoms with Gasteiger partial charge in [0.15, 0.2) is 46.3 Å². The Labute approximate surface area is 556 Å². The summed E-state index contributed by atoms with van der Waals surface area (Å²) in [7, 11) is -3.76. The Hall–Kier alpha value is -0.230. The average Bonchev–Trinajstić information content (AvgIpc) is 3.39. The molecule has 0 spiro atoms. The summed E-state index contributed by atoms with van der Waals surface area (Å²) >= 11 is 3.39. The summed E-state index contributed by atoms with van der Waals surface area (Å²) in [6.07, 6.45) is 9.09. The van der Waals surface area contributed by atoms with E-state index in [9.17, 15) is 13.2 Å². The predicted molar refractivity (Wildman–Crippen MR) is 319 cm³/mol. The fourth-order valence-electron chi connectivity index (χ4n) is 9.41. The number of aliphatic carboxylic acids is 1. The third-order valence-corrected chi connectivity index (χ3v) is 14.1. The van der Waals surface area contributed by atoms with E-state index in [1.54, 1.807) is 24.3 Å². The number of aryl methyl sites for hydroxylation is 1. The number of hydrogen-bond acceptors (Lipinski definition) is 19.